The van der Waals surface area contributed by atoms with E-state index >= 15 is 4.79 Å². The van der Waals surface area contributed by atoms with Crippen LogP contribution in [0.2, 0.25) is 0 Å². The number of amides is 2. The molecule has 11 rings (SSSR count). The smallest absolute Gasteiger partial charge is 0.353 e. The van der Waals surface area contributed by atoms with Crippen LogP contribution in [-0.2, 0) is 30.4 Å². The zero-order chi connectivity index (χ0) is 49.1. The first kappa shape index (κ1) is 46.6. The number of β-lactam (4-membered cyclic amide) rings is 1. The van der Waals surface area contributed by atoms with Gasteiger partial charge in [0.2, 0.25) is 5.60 Å². The van der Waals surface area contributed by atoms with Crippen LogP contribution < -0.4 is 10.6 Å². The molecule has 2 atom stereocenters. The van der Waals surface area contributed by atoms with Crippen molar-refractivity contribution in [2.75, 3.05) is 11.1 Å². The molecule has 7 aromatic carbocycles. The Bertz CT molecular complexity index is 3240. The molecule has 1 fully saturated rings. The molecule has 4 heterocycles. The van der Waals surface area contributed by atoms with Gasteiger partial charge in [-0.1, -0.05) is 211 Å². The number of fused-ring (bicyclic) bond motifs is 2. The van der Waals surface area contributed by atoms with E-state index in [4.69, 9.17) is 20.0 Å². The third-order valence-corrected chi connectivity index (χ3v) is 17.0. The van der Waals surface area contributed by atoms with Crippen LogP contribution in [0.25, 0.3) is 10.2 Å². The number of carboxylic acid groups (broad SMARTS) is 1. The van der Waals surface area contributed by atoms with Gasteiger partial charge in [0.25, 0.3) is 11.8 Å². The third kappa shape index (κ3) is 8.63. The van der Waals surface area contributed by atoms with Crippen molar-refractivity contribution in [2.24, 2.45) is 5.16 Å². The number of nitrogens with one attached hydrogen (secondary N) is 2. The number of carbonyl (C=O) groups excluding carboxylic acids is 2. The first-order valence-electron chi connectivity index (χ1n) is 22.9. The Morgan fingerprint density at radius 3 is 1.65 bits per heavy atom. The zero-order valence-corrected chi connectivity index (χ0v) is 41.3. The molecule has 0 saturated carbocycles. The van der Waals surface area contributed by atoms with Gasteiger partial charge < -0.3 is 20.6 Å². The maximum Gasteiger partial charge on any atom is 0.353 e. The predicted octanol–water partition coefficient (Wildman–Crippen LogP) is 11.4. The lowest BCUT2D eigenvalue weighted by Gasteiger charge is -2.49. The molecule has 11 nitrogen and oxygen atoms in total. The summed E-state index contributed by atoms with van der Waals surface area (Å²) in [5.74, 6) is -2.25. The van der Waals surface area contributed by atoms with Gasteiger partial charge in [0.15, 0.2) is 15.2 Å². The van der Waals surface area contributed by atoms with E-state index in [1.54, 1.807) is 5.38 Å². The van der Waals surface area contributed by atoms with Crippen molar-refractivity contribution in [1.82, 2.24) is 20.2 Å². The van der Waals surface area contributed by atoms with E-state index in [9.17, 15) is 14.7 Å². The maximum atomic E-state index is 15.2. The van der Waals surface area contributed by atoms with Crippen LogP contribution in [-0.4, -0.2) is 60.6 Å². The Morgan fingerprint density at radius 1 is 0.667 bits per heavy atom. The number of anilines is 1. The molecule has 72 heavy (non-hydrogen) atoms. The van der Waals surface area contributed by atoms with Gasteiger partial charge in [-0.05, 0) is 28.8 Å². The average molecular weight is 1020 g/mol. The van der Waals surface area contributed by atoms with Gasteiger partial charge in [0.1, 0.15) is 28.3 Å². The first-order chi connectivity index (χ1) is 35.3. The van der Waals surface area contributed by atoms with Crippen molar-refractivity contribution in [2.45, 2.75) is 26.9 Å². The number of carboxylic acids is 1. The SMILES string of the molecule is O=C(O)C1=C(Sc2nc3ccccc3s2)CS[C@@H]2C(NC(=O)/C(=N\OC(c3ccccc3)(c3ccccc3)c3ccccc3)c3csc(NC(c4ccccc4)(c4ccccc4)c4ccccc4)n3)C(=O)N12. The fourth-order valence-corrected chi connectivity index (χ4v) is 13.7. The molecule has 0 spiro atoms. The van der Waals surface area contributed by atoms with Crippen LogP contribution in [0, 0.1) is 0 Å². The molecule has 15 heteroatoms. The quantitative estimate of drug-likeness (QED) is 0.0370. The Kier molecular flexibility index (Phi) is 13.0. The standard InChI is InChI=1S/C57H42N6O5S4/c64-50(60-48-51(65)63-49(53(66)67)46(36-69-52(48)63)72-55-59-43-33-19-20-34-45(43)71-55)47(62-68-57(40-27-13-4-14-28-40,41-29-15-5-16-30-41)42-31-17-6-18-32-42)44-35-70-54(58-44)61-56(37-21-7-1-8-22-37,38-23-9-2-10-24-38)39-25-11-3-12-26-39/h1-35,48,52H,36H2,(H,58,61)(H,60,64)(H,66,67)/b62-47-/t48?,52-/m1/s1. The molecule has 0 radical (unpaired) electrons. The number of thioether (sulfide) groups is 2. The lowest BCUT2D eigenvalue weighted by atomic mass is 9.77. The third-order valence-electron chi connectivity index (χ3n) is 12.6. The fourth-order valence-electron chi connectivity index (χ4n) is 9.26. The van der Waals surface area contributed by atoms with Gasteiger partial charge in [0, 0.05) is 32.7 Å². The van der Waals surface area contributed by atoms with Gasteiger partial charge >= 0.3 is 5.97 Å². The van der Waals surface area contributed by atoms with Crippen molar-refractivity contribution >= 4 is 85.0 Å². The number of nitrogens with zero attached hydrogens (tertiary/aromatic N) is 4. The molecule has 1 unspecified atom stereocenters. The van der Waals surface area contributed by atoms with Crippen molar-refractivity contribution < 1.29 is 24.3 Å². The lowest BCUT2D eigenvalue weighted by molar-refractivity contribution is -0.150. The number of thiazole rings is 2. The van der Waals surface area contributed by atoms with Gasteiger partial charge in [-0.3, -0.25) is 14.5 Å². The number of hydrogen-bond acceptors (Lipinski definition) is 12. The zero-order valence-electron chi connectivity index (χ0n) is 38.1. The molecule has 0 bridgehead atoms. The molecule has 9 aromatic rings. The number of rotatable bonds is 16. The summed E-state index contributed by atoms with van der Waals surface area (Å²) in [6.45, 7) is 0. The van der Waals surface area contributed by atoms with Gasteiger partial charge in [0.05, 0.1) is 10.2 Å². The Balaban J connectivity index is 0.992. The van der Waals surface area contributed by atoms with E-state index in [0.29, 0.717) is 14.4 Å². The second-order valence-corrected chi connectivity index (χ2v) is 21.1. The summed E-state index contributed by atoms with van der Waals surface area (Å²) >= 11 is 5.37. The highest BCUT2D eigenvalue weighted by Gasteiger charge is 2.55. The summed E-state index contributed by atoms with van der Waals surface area (Å²) in [7, 11) is 0. The van der Waals surface area contributed by atoms with Crippen LogP contribution in [0.15, 0.2) is 232 Å². The van der Waals surface area contributed by atoms with Gasteiger partial charge in [-0.25, -0.2) is 14.8 Å². The largest absolute Gasteiger partial charge is 0.477 e. The lowest BCUT2D eigenvalue weighted by Crippen LogP contribution is -2.71. The maximum absolute atomic E-state index is 15.2. The van der Waals surface area contributed by atoms with Crippen molar-refractivity contribution in [3.05, 3.63) is 261 Å². The number of oxime groups is 1. The number of para-hydroxylation sites is 1. The second-order valence-electron chi connectivity index (χ2n) is 16.8. The predicted molar refractivity (Wildman–Crippen MR) is 287 cm³/mol. The Morgan fingerprint density at radius 2 is 1.15 bits per heavy atom. The van der Waals surface area contributed by atoms with Crippen LogP contribution in [0.3, 0.4) is 0 Å². The molecule has 1 saturated heterocycles. The second kappa shape index (κ2) is 20.1. The van der Waals surface area contributed by atoms with Gasteiger partial charge in [-0.15, -0.1) is 34.4 Å². The van der Waals surface area contributed by atoms with Crippen LogP contribution in [0.4, 0.5) is 5.13 Å². The molecule has 0 aliphatic carbocycles. The molecule has 2 aliphatic heterocycles. The van der Waals surface area contributed by atoms with Gasteiger partial charge in [-0.2, -0.15) is 0 Å². The Hall–Kier alpha value is -7.82. The topological polar surface area (TPSA) is 146 Å². The van der Waals surface area contributed by atoms with E-state index in [2.05, 4.69) is 47.0 Å². The molecular formula is C57H42N6O5S4. The summed E-state index contributed by atoms with van der Waals surface area (Å²) < 4.78 is 1.65. The van der Waals surface area contributed by atoms with Crippen LogP contribution in [0.5, 0.6) is 0 Å². The minimum absolute atomic E-state index is 0.122. The van der Waals surface area contributed by atoms with E-state index in [1.807, 2.05) is 170 Å². The molecule has 2 aromatic heterocycles. The number of benzene rings is 7. The average Bonchev–Trinajstić information content (AvgIpc) is 4.08. The van der Waals surface area contributed by atoms with Crippen molar-refractivity contribution in [3.63, 3.8) is 0 Å². The highest BCUT2D eigenvalue weighted by molar-refractivity contribution is 8.07. The van der Waals surface area contributed by atoms with E-state index in [1.165, 1.54) is 51.1 Å². The molecule has 3 N–H and O–H groups in total. The summed E-state index contributed by atoms with van der Waals surface area (Å²) in [5.41, 5.74) is 3.52. The number of aliphatic carboxylic acids is 1. The van der Waals surface area contributed by atoms with Crippen LogP contribution in [0.1, 0.15) is 39.1 Å². The summed E-state index contributed by atoms with van der Waals surface area (Å²) in [5, 5.41) is 23.7. The van der Waals surface area contributed by atoms with Crippen molar-refractivity contribution in [1.29, 1.82) is 0 Å². The number of hydrogen-bond donors (Lipinski definition) is 3. The minimum atomic E-state index is -1.36. The summed E-state index contributed by atoms with van der Waals surface area (Å²) in [4.78, 5) is 60.9. The Labute approximate surface area is 431 Å². The molecule has 2 aliphatic rings. The normalized spacial score (nSPS) is 15.9. The van der Waals surface area contributed by atoms with Crippen LogP contribution >= 0.6 is 46.2 Å². The summed E-state index contributed by atoms with van der Waals surface area (Å²) in [6.07, 6.45) is 0. The first-order valence-corrected chi connectivity index (χ1v) is 26.5. The number of carbonyl (C=O) groups is 3. The molecule has 354 valence electrons. The van der Waals surface area contributed by atoms with E-state index < -0.39 is 40.3 Å². The number of aromatic nitrogens is 2. The van der Waals surface area contributed by atoms with Crippen molar-refractivity contribution in [3.8, 4) is 0 Å². The minimum Gasteiger partial charge on any atom is -0.477 e. The highest BCUT2D eigenvalue weighted by atomic mass is 32.2. The van der Waals surface area contributed by atoms with E-state index in [0.717, 1.165) is 43.6 Å². The monoisotopic (exact) mass is 1020 g/mol. The highest BCUT2D eigenvalue weighted by Crippen LogP contribution is 2.47. The fraction of sp³-hybridized carbons (Fsp3) is 0.0877. The van der Waals surface area contributed by atoms with E-state index in [-0.39, 0.29) is 22.9 Å². The summed E-state index contributed by atoms with van der Waals surface area (Å²) in [6, 6.07) is 66.0. The molecule has 2 amide bonds. The molecular weight excluding hydrogens is 977 g/mol.